The van der Waals surface area contributed by atoms with Gasteiger partial charge in [0.05, 0.1) is 0 Å². The number of aromatic hydroxyl groups is 1. The highest BCUT2D eigenvalue weighted by Gasteiger charge is 2.12. The second-order valence-corrected chi connectivity index (χ2v) is 9.71. The smallest absolute Gasteiger partial charge is 0.119 e. The third kappa shape index (κ3) is 13.2. The first-order valence-electron chi connectivity index (χ1n) is 14.1. The molecule has 0 bridgehead atoms. The van der Waals surface area contributed by atoms with Gasteiger partial charge in [0.15, 0.2) is 0 Å². The lowest BCUT2D eigenvalue weighted by atomic mass is 9.90. The van der Waals surface area contributed by atoms with Gasteiger partial charge < -0.3 is 5.11 Å². The van der Waals surface area contributed by atoms with Crippen molar-refractivity contribution in [1.82, 2.24) is 0 Å². The number of hydrogen-bond acceptors (Lipinski definition) is 1. The van der Waals surface area contributed by atoms with Crippen molar-refractivity contribution < 1.29 is 5.11 Å². The molecule has 0 spiro atoms. The molecular weight excluding hydrogens is 376 g/mol. The lowest BCUT2D eigenvalue weighted by Gasteiger charge is -2.16. The zero-order chi connectivity index (χ0) is 22.6. The van der Waals surface area contributed by atoms with Gasteiger partial charge in [-0.1, -0.05) is 130 Å². The van der Waals surface area contributed by atoms with Crippen LogP contribution in [0.15, 0.2) is 12.1 Å². The minimum absolute atomic E-state index is 0.544. The maximum absolute atomic E-state index is 10.6. The number of unbranched alkanes of at least 4 members (excludes halogenated alkanes) is 16. The van der Waals surface area contributed by atoms with Crippen LogP contribution in [0.3, 0.4) is 0 Å². The first-order valence-corrected chi connectivity index (χ1v) is 14.1. The predicted molar refractivity (Wildman–Crippen MR) is 139 cm³/mol. The van der Waals surface area contributed by atoms with Gasteiger partial charge in [-0.25, -0.2) is 0 Å². The van der Waals surface area contributed by atoms with Crippen LogP contribution >= 0.6 is 0 Å². The van der Waals surface area contributed by atoms with Gasteiger partial charge >= 0.3 is 0 Å². The van der Waals surface area contributed by atoms with Crippen LogP contribution < -0.4 is 0 Å². The molecule has 1 rings (SSSR count). The molecule has 0 aromatic heterocycles. The molecule has 180 valence electrons. The van der Waals surface area contributed by atoms with E-state index < -0.39 is 0 Å². The molecule has 0 aliphatic heterocycles. The van der Waals surface area contributed by atoms with Gasteiger partial charge in [-0.2, -0.15) is 0 Å². The highest BCUT2D eigenvalue weighted by Crippen LogP contribution is 2.29. The van der Waals surface area contributed by atoms with Crippen molar-refractivity contribution >= 4 is 0 Å². The van der Waals surface area contributed by atoms with Crippen LogP contribution in [-0.2, 0) is 19.3 Å². The second kappa shape index (κ2) is 19.7. The largest absolute Gasteiger partial charge is 0.508 e. The average molecular weight is 431 g/mol. The Morgan fingerprint density at radius 1 is 0.484 bits per heavy atom. The lowest BCUT2D eigenvalue weighted by molar-refractivity contribution is 0.463. The van der Waals surface area contributed by atoms with E-state index in [0.717, 1.165) is 19.3 Å². The summed E-state index contributed by atoms with van der Waals surface area (Å²) in [5.74, 6) is 0.544. The fourth-order valence-electron chi connectivity index (χ4n) is 4.88. The van der Waals surface area contributed by atoms with Crippen molar-refractivity contribution in [3.8, 4) is 5.75 Å². The Morgan fingerprint density at radius 2 is 0.871 bits per heavy atom. The molecule has 1 N–H and O–H groups in total. The highest BCUT2D eigenvalue weighted by atomic mass is 16.3. The van der Waals surface area contributed by atoms with Crippen LogP contribution in [0.25, 0.3) is 0 Å². The van der Waals surface area contributed by atoms with Crippen molar-refractivity contribution in [2.75, 3.05) is 0 Å². The molecule has 0 saturated carbocycles. The first-order chi connectivity index (χ1) is 15.2. The fraction of sp³-hybridized carbons (Fsp3) is 0.800. The normalized spacial score (nSPS) is 11.3. The molecule has 1 aromatic carbocycles. The zero-order valence-electron chi connectivity index (χ0n) is 21.5. The van der Waals surface area contributed by atoms with E-state index in [0.29, 0.717) is 5.75 Å². The molecule has 0 aliphatic carbocycles. The van der Waals surface area contributed by atoms with Gasteiger partial charge in [0.25, 0.3) is 0 Å². The van der Waals surface area contributed by atoms with Gasteiger partial charge in [-0.15, -0.1) is 0 Å². The minimum atomic E-state index is 0.544. The Kier molecular flexibility index (Phi) is 17.8. The molecule has 1 nitrogen and oxygen atoms in total. The Labute approximate surface area is 195 Å². The maximum atomic E-state index is 10.6. The quantitative estimate of drug-likeness (QED) is 0.192. The van der Waals surface area contributed by atoms with Gasteiger partial charge in [0, 0.05) is 0 Å². The molecule has 0 heterocycles. The van der Waals surface area contributed by atoms with E-state index in [1.165, 1.54) is 132 Å². The monoisotopic (exact) mass is 430 g/mol. The molecule has 0 radical (unpaired) electrons. The summed E-state index contributed by atoms with van der Waals surface area (Å²) in [7, 11) is 0. The lowest BCUT2D eigenvalue weighted by Crippen LogP contribution is -2.01. The Hall–Kier alpha value is -0.980. The SMILES string of the molecule is CCCCCCCCCCCCc1c(O)ccc(CC)c1CCCCCCCCCC. The zero-order valence-corrected chi connectivity index (χ0v) is 21.5. The predicted octanol–water partition coefficient (Wildman–Crippen LogP) is 10.1. The maximum Gasteiger partial charge on any atom is 0.119 e. The van der Waals surface area contributed by atoms with Crippen LogP contribution in [-0.4, -0.2) is 5.11 Å². The highest BCUT2D eigenvalue weighted by molar-refractivity contribution is 5.44. The van der Waals surface area contributed by atoms with Crippen molar-refractivity contribution in [2.45, 2.75) is 156 Å². The second-order valence-electron chi connectivity index (χ2n) is 9.71. The summed E-state index contributed by atoms with van der Waals surface area (Å²) < 4.78 is 0. The van der Waals surface area contributed by atoms with Gasteiger partial charge in [-0.3, -0.25) is 0 Å². The van der Waals surface area contributed by atoms with Gasteiger partial charge in [0.2, 0.25) is 0 Å². The minimum Gasteiger partial charge on any atom is -0.508 e. The van der Waals surface area contributed by atoms with E-state index in [9.17, 15) is 5.11 Å². The topological polar surface area (TPSA) is 20.2 Å². The molecule has 0 fully saturated rings. The summed E-state index contributed by atoms with van der Waals surface area (Å²) in [5.41, 5.74) is 4.20. The van der Waals surface area contributed by atoms with Gasteiger partial charge in [-0.05, 0) is 54.9 Å². The molecule has 31 heavy (non-hydrogen) atoms. The molecule has 0 amide bonds. The number of benzene rings is 1. The summed E-state index contributed by atoms with van der Waals surface area (Å²) in [6, 6.07) is 4.11. The number of aryl methyl sites for hydroxylation is 1. The van der Waals surface area contributed by atoms with E-state index in [1.807, 2.05) is 6.07 Å². The molecule has 1 heteroatoms. The Balaban J connectivity index is 2.34. The van der Waals surface area contributed by atoms with Crippen LogP contribution in [0.2, 0.25) is 0 Å². The van der Waals surface area contributed by atoms with E-state index in [2.05, 4.69) is 26.8 Å². The fourth-order valence-corrected chi connectivity index (χ4v) is 4.88. The number of phenols is 1. The third-order valence-electron chi connectivity index (χ3n) is 6.95. The number of hydrogen-bond donors (Lipinski definition) is 1. The van der Waals surface area contributed by atoms with Crippen molar-refractivity contribution in [3.63, 3.8) is 0 Å². The molecular formula is C30H54O. The average Bonchev–Trinajstić information content (AvgIpc) is 2.78. The Bertz CT molecular complexity index is 533. The summed E-state index contributed by atoms with van der Waals surface area (Å²) in [5, 5.41) is 10.6. The molecule has 0 aliphatic rings. The van der Waals surface area contributed by atoms with Crippen LogP contribution in [0.1, 0.15) is 153 Å². The van der Waals surface area contributed by atoms with E-state index in [4.69, 9.17) is 0 Å². The van der Waals surface area contributed by atoms with E-state index in [-0.39, 0.29) is 0 Å². The van der Waals surface area contributed by atoms with Crippen LogP contribution in [0.5, 0.6) is 5.75 Å². The Morgan fingerprint density at radius 3 is 1.29 bits per heavy atom. The van der Waals surface area contributed by atoms with Crippen molar-refractivity contribution in [1.29, 1.82) is 0 Å². The van der Waals surface area contributed by atoms with Crippen LogP contribution in [0.4, 0.5) is 0 Å². The summed E-state index contributed by atoms with van der Waals surface area (Å²) >= 11 is 0. The first kappa shape index (κ1) is 28.1. The number of phenolic OH excluding ortho intramolecular Hbond substituents is 1. The molecule has 0 atom stereocenters. The van der Waals surface area contributed by atoms with Crippen LogP contribution in [0, 0.1) is 0 Å². The van der Waals surface area contributed by atoms with Crippen molar-refractivity contribution in [3.05, 3.63) is 28.8 Å². The van der Waals surface area contributed by atoms with E-state index in [1.54, 1.807) is 0 Å². The molecule has 0 unspecified atom stereocenters. The summed E-state index contributed by atoms with van der Waals surface area (Å²) in [6.45, 7) is 6.83. The summed E-state index contributed by atoms with van der Waals surface area (Å²) in [6.07, 6.45) is 27.9. The number of rotatable bonds is 21. The van der Waals surface area contributed by atoms with Gasteiger partial charge in [0.1, 0.15) is 5.75 Å². The molecule has 0 saturated heterocycles. The van der Waals surface area contributed by atoms with Crippen molar-refractivity contribution in [2.24, 2.45) is 0 Å². The van der Waals surface area contributed by atoms with E-state index >= 15 is 0 Å². The molecule has 1 aromatic rings. The summed E-state index contributed by atoms with van der Waals surface area (Å²) in [4.78, 5) is 0. The standard InChI is InChI=1S/C30H54O/c1-4-7-9-11-13-15-16-18-20-22-24-29-28(27(6-3)25-26-30(29)31)23-21-19-17-14-12-10-8-5-2/h25-26,31H,4-24H2,1-3H3. The third-order valence-corrected chi connectivity index (χ3v) is 6.95.